The molecule has 13 aromatic carbocycles. The second-order valence-electron chi connectivity index (χ2n) is 33.9. The first-order valence-corrected chi connectivity index (χ1v) is 36.6. The summed E-state index contributed by atoms with van der Waals surface area (Å²) < 4.78 is 48.5. The van der Waals surface area contributed by atoms with Gasteiger partial charge in [-0.25, -0.2) is 0 Å². The number of benzene rings is 13. The molecule has 3 heterocycles. The molecule has 0 atom stereocenters. The molecule has 1 N–H and O–H groups in total. The average Bonchev–Trinajstić information content (AvgIpc) is 1.13. The number of nitriles is 1. The minimum atomic E-state index is -0.490. The Morgan fingerprint density at radius 2 is 0.827 bits per heavy atom. The molecule has 16 rings (SSSR count). The third-order valence-electron chi connectivity index (χ3n) is 21.6. The van der Waals surface area contributed by atoms with E-state index in [0.29, 0.717) is 16.8 Å². The number of fused-ring (bicyclic) bond motifs is 7. The van der Waals surface area contributed by atoms with Gasteiger partial charge in [-0.05, 0) is 205 Å². The zero-order valence-corrected chi connectivity index (χ0v) is 62.5. The third-order valence-corrected chi connectivity index (χ3v) is 21.6. The van der Waals surface area contributed by atoms with Crippen molar-refractivity contribution in [2.45, 2.75) is 131 Å². The standard InChI is InChI=1S/C99H91BN4/c1-95(2,3)72-49-70(50-73(55-72)96(4,5)6)67-42-44-84-86(53-67)102-94-92(91-81(65-34-23-18-24-35-65)57-76(99(13,14)15)58-82(91)69-37-29-36-66(48-69)63-30-19-16-20-31-63)83(71-51-74(97(7,8)9)56-75(52-71)98(10,11)12)60-90-93(94)100(84)85-45-43-68(64-32-21-17-22-33-64)54-89(85)104(90)78-47-62(61-101)46-77(59-78)103-87-40-27-25-38-79(87)80-39-26-28-41-88(80)103/h16-60,102H,1-15H3/i17D,21D,22D,32D,33D. The van der Waals surface area contributed by atoms with Crippen molar-refractivity contribution in [3.05, 3.63) is 306 Å². The molecule has 0 saturated heterocycles. The van der Waals surface area contributed by atoms with Gasteiger partial charge in [-0.2, -0.15) is 5.26 Å². The first kappa shape index (κ1) is 61.5. The van der Waals surface area contributed by atoms with Gasteiger partial charge in [-0.1, -0.05) is 310 Å². The number of para-hydroxylation sites is 2. The molecule has 0 bridgehead atoms. The van der Waals surface area contributed by atoms with Gasteiger partial charge in [-0.15, -0.1) is 0 Å². The van der Waals surface area contributed by atoms with Gasteiger partial charge in [0.15, 0.2) is 0 Å². The van der Waals surface area contributed by atoms with E-state index >= 15 is 0 Å². The molecular weight excluding hydrogens is 1260 g/mol. The summed E-state index contributed by atoms with van der Waals surface area (Å²) in [7, 11) is 0. The summed E-state index contributed by atoms with van der Waals surface area (Å²) >= 11 is 0. The van der Waals surface area contributed by atoms with E-state index in [1.54, 1.807) is 0 Å². The fourth-order valence-corrected chi connectivity index (χ4v) is 15.8. The fourth-order valence-electron chi connectivity index (χ4n) is 15.8. The Morgan fingerprint density at radius 3 is 1.40 bits per heavy atom. The van der Waals surface area contributed by atoms with E-state index < -0.39 is 24.8 Å². The lowest BCUT2D eigenvalue weighted by Gasteiger charge is -2.43. The number of aromatic nitrogens is 1. The first-order valence-electron chi connectivity index (χ1n) is 39.1. The van der Waals surface area contributed by atoms with E-state index in [-0.39, 0.29) is 44.7 Å². The maximum absolute atomic E-state index is 11.6. The van der Waals surface area contributed by atoms with Crippen LogP contribution in [0.5, 0.6) is 0 Å². The van der Waals surface area contributed by atoms with Crippen molar-refractivity contribution in [2.24, 2.45) is 0 Å². The zero-order valence-electron chi connectivity index (χ0n) is 67.5. The molecule has 4 nitrogen and oxygen atoms in total. The molecule has 0 radical (unpaired) electrons. The number of nitrogens with one attached hydrogen (secondary N) is 1. The quantitative estimate of drug-likeness (QED) is 0.147. The van der Waals surface area contributed by atoms with Crippen LogP contribution in [0.2, 0.25) is 0 Å². The van der Waals surface area contributed by atoms with Crippen LogP contribution in [-0.4, -0.2) is 11.3 Å². The van der Waals surface area contributed by atoms with Crippen molar-refractivity contribution in [3.8, 4) is 89.6 Å². The van der Waals surface area contributed by atoms with Gasteiger partial charge in [0.05, 0.1) is 29.5 Å². The molecule has 2 aliphatic rings. The number of anilines is 5. The van der Waals surface area contributed by atoms with Gasteiger partial charge < -0.3 is 14.8 Å². The molecule has 104 heavy (non-hydrogen) atoms. The van der Waals surface area contributed by atoms with E-state index in [1.807, 2.05) is 24.3 Å². The van der Waals surface area contributed by atoms with Crippen molar-refractivity contribution >= 4 is 73.3 Å². The number of rotatable bonds is 9. The Hall–Kier alpha value is -11.2. The molecule has 510 valence electrons. The van der Waals surface area contributed by atoms with E-state index in [4.69, 9.17) is 4.11 Å². The third kappa shape index (κ3) is 12.0. The fraction of sp³-hybridized carbons (Fsp3) is 0.202. The number of hydrogen-bond donors (Lipinski definition) is 1. The van der Waals surface area contributed by atoms with Crippen LogP contribution in [0.25, 0.3) is 105 Å². The highest BCUT2D eigenvalue weighted by Crippen LogP contribution is 2.55. The van der Waals surface area contributed by atoms with Crippen LogP contribution in [0.4, 0.5) is 28.4 Å². The Bertz CT molecular complexity index is 5980. The Balaban J connectivity index is 1.13. The van der Waals surface area contributed by atoms with Gasteiger partial charge in [0.2, 0.25) is 0 Å². The maximum Gasteiger partial charge on any atom is 0.252 e. The minimum Gasteiger partial charge on any atom is -0.356 e. The molecule has 0 aliphatic carbocycles. The summed E-state index contributed by atoms with van der Waals surface area (Å²) in [6.07, 6.45) is 0. The summed E-state index contributed by atoms with van der Waals surface area (Å²) in [5, 5.41) is 18.3. The van der Waals surface area contributed by atoms with Gasteiger partial charge in [0.25, 0.3) is 6.71 Å². The number of hydrogen-bond acceptors (Lipinski definition) is 3. The van der Waals surface area contributed by atoms with Crippen molar-refractivity contribution in [2.75, 3.05) is 10.2 Å². The summed E-state index contributed by atoms with van der Waals surface area (Å²) in [5.74, 6) is 0. The molecule has 0 amide bonds. The molecule has 0 unspecified atom stereocenters. The van der Waals surface area contributed by atoms with Crippen LogP contribution >= 0.6 is 0 Å². The lowest BCUT2D eigenvalue weighted by Crippen LogP contribution is -2.60. The van der Waals surface area contributed by atoms with Crippen LogP contribution in [0.3, 0.4) is 0 Å². The highest BCUT2D eigenvalue weighted by Gasteiger charge is 2.44. The zero-order chi connectivity index (χ0) is 76.9. The first-order chi connectivity index (χ1) is 51.7. The van der Waals surface area contributed by atoms with E-state index in [1.165, 1.54) is 27.8 Å². The Morgan fingerprint density at radius 1 is 0.356 bits per heavy atom. The molecule has 14 aromatic rings. The normalized spacial score (nSPS) is 13.7. The van der Waals surface area contributed by atoms with Crippen molar-refractivity contribution in [1.82, 2.24) is 4.57 Å². The Labute approximate surface area is 623 Å². The van der Waals surface area contributed by atoms with Gasteiger partial charge in [0, 0.05) is 56.0 Å². The van der Waals surface area contributed by atoms with E-state index in [0.717, 1.165) is 133 Å². The SMILES string of the molecule is [2H]c1c([2H])c([2H])c(-c2ccc3c(c2)N(c2cc(C#N)cc(-n4c5ccccc5c5ccccc54)c2)c2cc(-c4cc(C(C)(C)C)cc(C(C)(C)C)c4)c(-c4c(-c5ccccc5)cc(C(C)(C)C)cc4-c4cccc(-c5ccccc5)c4)c4c2B3c2ccc(-c3cc(C(C)(C)C)cc(C(C)(C)C)c3)cc2N4)c([2H])c1[2H]. The highest BCUT2D eigenvalue weighted by molar-refractivity contribution is 7.00. The molecule has 0 spiro atoms. The van der Waals surface area contributed by atoms with Crippen molar-refractivity contribution in [3.63, 3.8) is 0 Å². The van der Waals surface area contributed by atoms with Gasteiger partial charge in [0.1, 0.15) is 0 Å². The molecule has 2 aliphatic heterocycles. The predicted molar refractivity (Wildman–Crippen MR) is 446 cm³/mol. The lowest BCUT2D eigenvalue weighted by molar-refractivity contribution is 0.568. The largest absolute Gasteiger partial charge is 0.356 e. The van der Waals surface area contributed by atoms with Crippen molar-refractivity contribution < 1.29 is 6.85 Å². The van der Waals surface area contributed by atoms with Gasteiger partial charge in [-0.3, -0.25) is 0 Å². The predicted octanol–water partition coefficient (Wildman–Crippen LogP) is 25.2. The molecule has 1 aromatic heterocycles. The van der Waals surface area contributed by atoms with Crippen LogP contribution < -0.4 is 26.6 Å². The molecular formula is C99H91BN4. The molecule has 5 heteroatoms. The van der Waals surface area contributed by atoms with E-state index in [2.05, 4.69) is 343 Å². The number of nitrogens with zero attached hydrogens (tertiary/aromatic N) is 3. The average molecular weight is 1350 g/mol. The Kier molecular flexibility index (Phi) is 14.8. The van der Waals surface area contributed by atoms with Crippen LogP contribution in [0.1, 0.15) is 144 Å². The van der Waals surface area contributed by atoms with Crippen LogP contribution in [-0.2, 0) is 27.1 Å². The monoisotopic (exact) mass is 1350 g/mol. The summed E-state index contributed by atoms with van der Waals surface area (Å²) in [6, 6.07) is 89.3. The van der Waals surface area contributed by atoms with Crippen molar-refractivity contribution in [1.29, 1.82) is 5.26 Å². The highest BCUT2D eigenvalue weighted by atomic mass is 15.2. The minimum absolute atomic E-state index is 0.0974. The molecule has 0 fully saturated rings. The lowest BCUT2D eigenvalue weighted by atomic mass is 9.33. The topological polar surface area (TPSA) is 44.0 Å². The summed E-state index contributed by atoms with van der Waals surface area (Å²) in [5.41, 5.74) is 28.5. The smallest absolute Gasteiger partial charge is 0.252 e. The summed E-state index contributed by atoms with van der Waals surface area (Å²) in [6.45, 7) is 34.0. The van der Waals surface area contributed by atoms with Gasteiger partial charge >= 0.3 is 0 Å². The van der Waals surface area contributed by atoms with Crippen LogP contribution in [0.15, 0.2) is 273 Å². The van der Waals surface area contributed by atoms with Crippen LogP contribution in [0, 0.1) is 11.3 Å². The molecule has 0 saturated carbocycles. The second-order valence-corrected chi connectivity index (χ2v) is 33.9. The van der Waals surface area contributed by atoms with E-state index in [9.17, 15) is 8.00 Å². The maximum atomic E-state index is 11.6. The summed E-state index contributed by atoms with van der Waals surface area (Å²) in [4.78, 5) is 2.31. The second kappa shape index (κ2) is 25.1.